The van der Waals surface area contributed by atoms with E-state index in [-0.39, 0.29) is 31.4 Å². The van der Waals surface area contributed by atoms with Gasteiger partial charge in [-0.1, -0.05) is 6.07 Å². The van der Waals surface area contributed by atoms with Gasteiger partial charge in [0.25, 0.3) is 5.91 Å². The monoisotopic (exact) mass is 491 g/mol. The van der Waals surface area contributed by atoms with E-state index >= 15 is 0 Å². The fraction of sp³-hybridized carbons (Fsp3) is 0.292. The van der Waals surface area contributed by atoms with Gasteiger partial charge >= 0.3 is 0 Å². The molecule has 0 spiro atoms. The van der Waals surface area contributed by atoms with Crippen LogP contribution >= 0.6 is 0 Å². The van der Waals surface area contributed by atoms with Gasteiger partial charge < -0.3 is 20.3 Å². The number of H-pyrrole nitrogens is 1. The first kappa shape index (κ1) is 23.4. The summed E-state index contributed by atoms with van der Waals surface area (Å²) < 4.78 is 22.2. The minimum Gasteiger partial charge on any atom is -0.365 e. The lowest BCUT2D eigenvalue weighted by atomic mass is 9.92. The summed E-state index contributed by atoms with van der Waals surface area (Å²) in [4.78, 5) is 23.5. The second-order valence-corrected chi connectivity index (χ2v) is 8.74. The molecule has 0 saturated carbocycles. The number of methoxy groups -OCH3 is 1. The van der Waals surface area contributed by atoms with E-state index in [0.717, 1.165) is 11.3 Å². The molecule has 0 atom stereocenters. The molecule has 5 rings (SSSR count). The average molecular weight is 492 g/mol. The van der Waals surface area contributed by atoms with E-state index in [1.807, 2.05) is 31.2 Å². The van der Waals surface area contributed by atoms with Crippen molar-refractivity contribution in [3.05, 3.63) is 71.6 Å². The Morgan fingerprint density at radius 2 is 2.08 bits per heavy atom. The second kappa shape index (κ2) is 9.38. The number of hydrogen-bond acceptors (Lipinski definition) is 8. The summed E-state index contributed by atoms with van der Waals surface area (Å²) in [5.41, 5.74) is 1.05. The lowest BCUT2D eigenvalue weighted by Gasteiger charge is -2.48. The van der Waals surface area contributed by atoms with E-state index in [1.165, 1.54) is 7.11 Å². The van der Waals surface area contributed by atoms with E-state index in [9.17, 15) is 9.18 Å². The topological polar surface area (TPSA) is 126 Å². The van der Waals surface area contributed by atoms with Crippen molar-refractivity contribution in [2.45, 2.75) is 26.0 Å². The summed E-state index contributed by atoms with van der Waals surface area (Å²) in [7, 11) is 1.48. The third kappa shape index (κ3) is 4.50. The van der Waals surface area contributed by atoms with Gasteiger partial charge in [-0.05, 0) is 43.2 Å². The van der Waals surface area contributed by atoms with Crippen LogP contribution in [0, 0.1) is 19.7 Å². The van der Waals surface area contributed by atoms with Gasteiger partial charge in [0, 0.05) is 44.0 Å². The summed E-state index contributed by atoms with van der Waals surface area (Å²) in [5, 5.41) is 17.1. The zero-order valence-electron chi connectivity index (χ0n) is 20.1. The zero-order valence-corrected chi connectivity index (χ0v) is 20.1. The molecule has 3 N–H and O–H groups in total. The van der Waals surface area contributed by atoms with E-state index < -0.39 is 11.4 Å². The van der Waals surface area contributed by atoms with Gasteiger partial charge in [0.05, 0.1) is 13.1 Å². The first-order valence-electron chi connectivity index (χ1n) is 11.4. The van der Waals surface area contributed by atoms with Crippen molar-refractivity contribution in [1.82, 2.24) is 35.3 Å². The zero-order chi connectivity index (χ0) is 25.3. The van der Waals surface area contributed by atoms with E-state index in [2.05, 4.69) is 35.9 Å². The number of carbonyl (C=O) groups excluding carboxylic acids is 1. The number of hydrogen-bond donors (Lipinski definition) is 3. The molecule has 1 aliphatic rings. The predicted molar refractivity (Wildman–Crippen MR) is 131 cm³/mol. The number of nitrogens with one attached hydrogen (secondary N) is 3. The maximum atomic E-state index is 14.9. The Balaban J connectivity index is 1.23. The smallest absolute Gasteiger partial charge is 0.256 e. The van der Waals surface area contributed by atoms with Gasteiger partial charge in [0.15, 0.2) is 28.9 Å². The Morgan fingerprint density at radius 1 is 1.25 bits per heavy atom. The van der Waals surface area contributed by atoms with E-state index in [1.54, 1.807) is 41.2 Å². The van der Waals surface area contributed by atoms with Gasteiger partial charge in [-0.15, -0.1) is 0 Å². The van der Waals surface area contributed by atoms with Crippen molar-refractivity contribution < 1.29 is 13.9 Å². The second-order valence-electron chi connectivity index (χ2n) is 8.74. The van der Waals surface area contributed by atoms with Gasteiger partial charge in [-0.25, -0.2) is 19.0 Å². The molecule has 0 aliphatic carbocycles. The number of amides is 1. The normalized spacial score (nSPS) is 14.4. The molecule has 1 aliphatic heterocycles. The standard InChI is InChI=1S/C24H26FN9O2/c1-15-9-18(29-19-10-16(2)31-32-19)30-22(21(15)25)33-13-24(14-33,36-3)23(35)27-12-17-5-6-20(26-11-17)34-8-4-7-28-34/h4-11H,12-14H2,1-3H3,(H,27,35)(H2,29,30,31,32). The highest BCUT2D eigenvalue weighted by Gasteiger charge is 2.51. The van der Waals surface area contributed by atoms with Crippen molar-refractivity contribution in [3.63, 3.8) is 0 Å². The maximum absolute atomic E-state index is 14.9. The van der Waals surface area contributed by atoms with Crippen LogP contribution in [0.25, 0.3) is 5.82 Å². The number of aromatic amines is 1. The quantitative estimate of drug-likeness (QED) is 0.343. The third-order valence-corrected chi connectivity index (χ3v) is 6.08. The average Bonchev–Trinajstić information content (AvgIpc) is 3.52. The molecular weight excluding hydrogens is 465 g/mol. The Morgan fingerprint density at radius 3 is 2.72 bits per heavy atom. The first-order chi connectivity index (χ1) is 17.4. The lowest BCUT2D eigenvalue weighted by molar-refractivity contribution is -0.146. The van der Waals surface area contributed by atoms with Crippen LogP contribution < -0.4 is 15.5 Å². The van der Waals surface area contributed by atoms with E-state index in [4.69, 9.17) is 4.74 Å². The fourth-order valence-corrected chi connectivity index (χ4v) is 4.02. The number of anilines is 3. The molecule has 186 valence electrons. The summed E-state index contributed by atoms with van der Waals surface area (Å²) in [6.07, 6.45) is 5.17. The summed E-state index contributed by atoms with van der Waals surface area (Å²) >= 11 is 0. The van der Waals surface area contributed by atoms with Crippen LogP contribution in [0.4, 0.5) is 21.8 Å². The molecule has 1 saturated heterocycles. The van der Waals surface area contributed by atoms with Crippen molar-refractivity contribution in [2.75, 3.05) is 30.4 Å². The number of ether oxygens (including phenoxy) is 1. The van der Waals surface area contributed by atoms with Crippen molar-refractivity contribution in [3.8, 4) is 5.82 Å². The largest absolute Gasteiger partial charge is 0.365 e. The summed E-state index contributed by atoms with van der Waals surface area (Å²) in [6, 6.07) is 8.96. The lowest BCUT2D eigenvalue weighted by Crippen LogP contribution is -2.70. The third-order valence-electron chi connectivity index (χ3n) is 6.08. The molecule has 4 aromatic heterocycles. The molecule has 0 aromatic carbocycles. The van der Waals surface area contributed by atoms with Gasteiger partial charge in [0.1, 0.15) is 5.82 Å². The molecule has 4 aromatic rings. The maximum Gasteiger partial charge on any atom is 0.256 e. The molecule has 12 heteroatoms. The number of halogens is 1. The Kier molecular flexibility index (Phi) is 6.10. The Hall–Kier alpha value is -4.32. The molecule has 36 heavy (non-hydrogen) atoms. The van der Waals surface area contributed by atoms with Crippen LogP contribution in [0.3, 0.4) is 0 Å². The number of nitrogens with zero attached hydrogens (tertiary/aromatic N) is 6. The van der Waals surface area contributed by atoms with Crippen molar-refractivity contribution >= 4 is 23.4 Å². The molecule has 11 nitrogen and oxygen atoms in total. The molecule has 1 amide bonds. The Bertz CT molecular complexity index is 1360. The van der Waals surface area contributed by atoms with Gasteiger partial charge in [-0.2, -0.15) is 10.2 Å². The van der Waals surface area contributed by atoms with E-state index in [0.29, 0.717) is 23.0 Å². The SMILES string of the molecule is COC1(C(=O)NCc2ccc(-n3cccn3)nc2)CN(c2nc(Nc3cc(C)[nH]n3)cc(C)c2F)C1. The molecule has 0 unspecified atom stereocenters. The van der Waals surface area contributed by atoms with Crippen LogP contribution in [0.2, 0.25) is 0 Å². The highest BCUT2D eigenvalue weighted by molar-refractivity contribution is 5.89. The van der Waals surface area contributed by atoms with Crippen molar-refractivity contribution in [2.24, 2.45) is 0 Å². The summed E-state index contributed by atoms with van der Waals surface area (Å²) in [6.45, 7) is 4.17. The van der Waals surface area contributed by atoms with Gasteiger partial charge in [0.2, 0.25) is 0 Å². The number of rotatable bonds is 8. The molecular formula is C24H26FN9O2. The number of pyridine rings is 2. The number of carbonyl (C=O) groups is 1. The van der Waals surface area contributed by atoms with Crippen LogP contribution in [-0.2, 0) is 16.1 Å². The minimum absolute atomic E-state index is 0.156. The highest BCUT2D eigenvalue weighted by Crippen LogP contribution is 2.33. The predicted octanol–water partition coefficient (Wildman–Crippen LogP) is 2.41. The van der Waals surface area contributed by atoms with Crippen LogP contribution in [0.15, 0.2) is 48.9 Å². The molecule has 1 fully saturated rings. The first-order valence-corrected chi connectivity index (χ1v) is 11.4. The van der Waals surface area contributed by atoms with Crippen LogP contribution in [0.5, 0.6) is 0 Å². The summed E-state index contributed by atoms with van der Waals surface area (Å²) in [5.74, 6) is 1.16. The van der Waals surface area contributed by atoms with Crippen LogP contribution in [-0.4, -0.2) is 61.7 Å². The molecule has 0 radical (unpaired) electrons. The Labute approximate surface area is 206 Å². The number of aromatic nitrogens is 6. The highest BCUT2D eigenvalue weighted by atomic mass is 19.1. The molecule has 5 heterocycles. The minimum atomic E-state index is -1.10. The van der Waals surface area contributed by atoms with Gasteiger partial charge in [-0.3, -0.25) is 9.89 Å². The molecule has 0 bridgehead atoms. The van der Waals surface area contributed by atoms with Crippen molar-refractivity contribution in [1.29, 1.82) is 0 Å². The van der Waals surface area contributed by atoms with Crippen LogP contribution in [0.1, 0.15) is 16.8 Å². The fourth-order valence-electron chi connectivity index (χ4n) is 4.02. The number of aryl methyl sites for hydroxylation is 2.